The molecule has 1 atom stereocenters. The summed E-state index contributed by atoms with van der Waals surface area (Å²) in [6.45, 7) is 2.80. The van der Waals surface area contributed by atoms with Crippen LogP contribution < -0.4 is 5.32 Å². The van der Waals surface area contributed by atoms with Crippen molar-refractivity contribution in [1.82, 2.24) is 10.3 Å². The Kier molecular flexibility index (Phi) is 4.85. The summed E-state index contributed by atoms with van der Waals surface area (Å²) < 4.78 is 0. The Bertz CT molecular complexity index is 552. The Balaban J connectivity index is 1.89. The van der Waals surface area contributed by atoms with Crippen molar-refractivity contribution in [2.24, 2.45) is 0 Å². The second-order valence-corrected chi connectivity index (χ2v) is 4.74. The van der Waals surface area contributed by atoms with E-state index >= 15 is 0 Å². The number of pyridine rings is 1. The molecule has 0 aliphatic rings. The van der Waals surface area contributed by atoms with Gasteiger partial charge in [0.15, 0.2) is 0 Å². The molecule has 0 aliphatic carbocycles. The van der Waals surface area contributed by atoms with Crippen LogP contribution in [0.1, 0.15) is 29.8 Å². The first-order valence-corrected chi connectivity index (χ1v) is 6.59. The third-order valence-corrected chi connectivity index (χ3v) is 3.12. The molecule has 4 heteroatoms. The Morgan fingerprint density at radius 1 is 1.20 bits per heavy atom. The van der Waals surface area contributed by atoms with Crippen LogP contribution in [-0.2, 0) is 17.8 Å². The highest BCUT2D eigenvalue weighted by Gasteiger charge is 2.05. The molecule has 0 radical (unpaired) electrons. The quantitative estimate of drug-likeness (QED) is 0.847. The number of nitrogens with one attached hydrogen (secondary N) is 1. The summed E-state index contributed by atoms with van der Waals surface area (Å²) in [7, 11) is 0. The number of benzene rings is 1. The Labute approximate surface area is 118 Å². The standard InChI is InChI=1S/C16H18N2O2/c1-12(15-4-2-3-9-17-15)18-11-14-7-5-13(6-8-14)10-16(19)20/h2-9,12,18H,10-11H2,1H3,(H,19,20)/t12-/m1/s1. The second-order valence-electron chi connectivity index (χ2n) is 4.74. The monoisotopic (exact) mass is 270 g/mol. The summed E-state index contributed by atoms with van der Waals surface area (Å²) in [5.41, 5.74) is 2.95. The fraction of sp³-hybridized carbons (Fsp3) is 0.250. The molecule has 1 aromatic carbocycles. The van der Waals surface area contributed by atoms with Gasteiger partial charge in [-0.1, -0.05) is 30.3 Å². The van der Waals surface area contributed by atoms with E-state index in [4.69, 9.17) is 5.11 Å². The van der Waals surface area contributed by atoms with Gasteiger partial charge in [0.1, 0.15) is 0 Å². The van der Waals surface area contributed by atoms with Gasteiger partial charge in [0.25, 0.3) is 0 Å². The zero-order valence-electron chi connectivity index (χ0n) is 11.4. The molecule has 0 fully saturated rings. The summed E-state index contributed by atoms with van der Waals surface area (Å²) in [4.78, 5) is 14.9. The molecular weight excluding hydrogens is 252 g/mol. The van der Waals surface area contributed by atoms with Gasteiger partial charge in [0.05, 0.1) is 12.1 Å². The molecule has 0 unspecified atom stereocenters. The SMILES string of the molecule is C[C@@H](NCc1ccc(CC(=O)O)cc1)c1ccccn1. The van der Waals surface area contributed by atoms with Crippen molar-refractivity contribution in [3.63, 3.8) is 0 Å². The van der Waals surface area contributed by atoms with E-state index in [0.717, 1.165) is 23.4 Å². The largest absolute Gasteiger partial charge is 0.481 e. The van der Waals surface area contributed by atoms with Crippen molar-refractivity contribution in [3.8, 4) is 0 Å². The highest BCUT2D eigenvalue weighted by molar-refractivity contribution is 5.70. The maximum absolute atomic E-state index is 10.6. The number of nitrogens with zero attached hydrogens (tertiary/aromatic N) is 1. The Morgan fingerprint density at radius 2 is 1.90 bits per heavy atom. The number of carboxylic acid groups (broad SMARTS) is 1. The fourth-order valence-electron chi connectivity index (χ4n) is 1.96. The number of rotatable bonds is 6. The third-order valence-electron chi connectivity index (χ3n) is 3.12. The van der Waals surface area contributed by atoms with Crippen molar-refractivity contribution in [1.29, 1.82) is 0 Å². The minimum atomic E-state index is -0.806. The van der Waals surface area contributed by atoms with Crippen molar-refractivity contribution >= 4 is 5.97 Å². The van der Waals surface area contributed by atoms with E-state index in [9.17, 15) is 4.79 Å². The van der Waals surface area contributed by atoms with E-state index in [0.29, 0.717) is 0 Å². The van der Waals surface area contributed by atoms with Gasteiger partial charge in [-0.05, 0) is 30.2 Å². The summed E-state index contributed by atoms with van der Waals surface area (Å²) >= 11 is 0. The van der Waals surface area contributed by atoms with Gasteiger partial charge in [-0.2, -0.15) is 0 Å². The summed E-state index contributed by atoms with van der Waals surface area (Å²) in [5, 5.41) is 12.1. The van der Waals surface area contributed by atoms with Crippen molar-refractivity contribution < 1.29 is 9.90 Å². The van der Waals surface area contributed by atoms with Gasteiger partial charge in [0.2, 0.25) is 0 Å². The van der Waals surface area contributed by atoms with Gasteiger partial charge in [-0.3, -0.25) is 9.78 Å². The summed E-state index contributed by atoms with van der Waals surface area (Å²) in [6, 6.07) is 13.7. The molecule has 0 bridgehead atoms. The predicted octanol–water partition coefficient (Wildman–Crippen LogP) is 2.56. The molecule has 0 amide bonds. The number of carbonyl (C=O) groups is 1. The molecular formula is C16H18N2O2. The third kappa shape index (κ3) is 4.17. The number of carboxylic acids is 1. The van der Waals surface area contributed by atoms with E-state index in [2.05, 4.69) is 17.2 Å². The van der Waals surface area contributed by atoms with Crippen molar-refractivity contribution in [2.45, 2.75) is 25.9 Å². The molecule has 0 aliphatic heterocycles. The lowest BCUT2D eigenvalue weighted by atomic mass is 10.1. The first-order valence-electron chi connectivity index (χ1n) is 6.59. The number of hydrogen-bond acceptors (Lipinski definition) is 3. The lowest BCUT2D eigenvalue weighted by Crippen LogP contribution is -2.18. The van der Waals surface area contributed by atoms with E-state index in [1.54, 1.807) is 6.20 Å². The molecule has 2 aromatic rings. The molecule has 0 saturated heterocycles. The zero-order chi connectivity index (χ0) is 14.4. The predicted molar refractivity (Wildman–Crippen MR) is 77.3 cm³/mol. The average molecular weight is 270 g/mol. The van der Waals surface area contributed by atoms with Crippen LogP contribution in [-0.4, -0.2) is 16.1 Å². The van der Waals surface area contributed by atoms with Crippen molar-refractivity contribution in [2.75, 3.05) is 0 Å². The molecule has 2 rings (SSSR count). The molecule has 0 saturated carbocycles. The van der Waals surface area contributed by atoms with Gasteiger partial charge in [0, 0.05) is 18.8 Å². The van der Waals surface area contributed by atoms with Crippen LogP contribution in [0, 0.1) is 0 Å². The summed E-state index contributed by atoms with van der Waals surface area (Å²) in [5.74, 6) is -0.806. The summed E-state index contributed by atoms with van der Waals surface area (Å²) in [6.07, 6.45) is 1.85. The van der Waals surface area contributed by atoms with Gasteiger partial charge < -0.3 is 10.4 Å². The lowest BCUT2D eigenvalue weighted by Gasteiger charge is -2.13. The smallest absolute Gasteiger partial charge is 0.307 e. The Hall–Kier alpha value is -2.20. The first kappa shape index (κ1) is 14.2. The Morgan fingerprint density at radius 3 is 2.50 bits per heavy atom. The van der Waals surface area contributed by atoms with Crippen LogP contribution >= 0.6 is 0 Å². The van der Waals surface area contributed by atoms with Crippen LogP contribution in [0.5, 0.6) is 0 Å². The maximum atomic E-state index is 10.6. The molecule has 4 nitrogen and oxygen atoms in total. The first-order chi connectivity index (χ1) is 9.65. The number of hydrogen-bond donors (Lipinski definition) is 2. The molecule has 1 heterocycles. The van der Waals surface area contributed by atoms with Gasteiger partial charge >= 0.3 is 5.97 Å². The molecule has 1 aromatic heterocycles. The van der Waals surface area contributed by atoms with Gasteiger partial charge in [-0.25, -0.2) is 0 Å². The average Bonchev–Trinajstić information content (AvgIpc) is 2.46. The van der Waals surface area contributed by atoms with Crippen LogP contribution in [0.3, 0.4) is 0 Å². The highest BCUT2D eigenvalue weighted by Crippen LogP contribution is 2.10. The second kappa shape index (κ2) is 6.82. The van der Waals surface area contributed by atoms with Crippen LogP contribution in [0.15, 0.2) is 48.7 Å². The normalized spacial score (nSPS) is 12.1. The molecule has 104 valence electrons. The molecule has 0 spiro atoms. The lowest BCUT2D eigenvalue weighted by molar-refractivity contribution is -0.136. The van der Waals surface area contributed by atoms with Crippen LogP contribution in [0.2, 0.25) is 0 Å². The topological polar surface area (TPSA) is 62.2 Å². The molecule has 2 N–H and O–H groups in total. The van der Waals surface area contributed by atoms with E-state index in [1.807, 2.05) is 42.5 Å². The highest BCUT2D eigenvalue weighted by atomic mass is 16.4. The maximum Gasteiger partial charge on any atom is 0.307 e. The van der Waals surface area contributed by atoms with E-state index in [-0.39, 0.29) is 12.5 Å². The minimum Gasteiger partial charge on any atom is -0.481 e. The van der Waals surface area contributed by atoms with Crippen molar-refractivity contribution in [3.05, 3.63) is 65.5 Å². The minimum absolute atomic E-state index is 0.0675. The number of aliphatic carboxylic acids is 1. The zero-order valence-corrected chi connectivity index (χ0v) is 11.4. The van der Waals surface area contributed by atoms with Gasteiger partial charge in [-0.15, -0.1) is 0 Å². The van der Waals surface area contributed by atoms with E-state index < -0.39 is 5.97 Å². The number of aromatic nitrogens is 1. The van der Waals surface area contributed by atoms with Crippen LogP contribution in [0.25, 0.3) is 0 Å². The molecule has 20 heavy (non-hydrogen) atoms. The van der Waals surface area contributed by atoms with Crippen LogP contribution in [0.4, 0.5) is 0 Å². The van der Waals surface area contributed by atoms with E-state index in [1.165, 1.54) is 0 Å². The fourth-order valence-corrected chi connectivity index (χ4v) is 1.96.